The molecule has 3 aliphatic rings. The van der Waals surface area contributed by atoms with Gasteiger partial charge in [0.05, 0.1) is 11.9 Å². The van der Waals surface area contributed by atoms with Crippen LogP contribution in [0, 0.1) is 5.92 Å². The normalized spacial score (nSPS) is 22.7. The number of ether oxygens (including phenoxy) is 2. The number of hydrogen-bond acceptors (Lipinski definition) is 6. The lowest BCUT2D eigenvalue weighted by Gasteiger charge is -2.39. The number of fused-ring (bicyclic) bond motifs is 2. The summed E-state index contributed by atoms with van der Waals surface area (Å²) in [7, 11) is -3.54. The number of para-hydroxylation sites is 1. The summed E-state index contributed by atoms with van der Waals surface area (Å²) < 4.78 is 39.0. The van der Waals surface area contributed by atoms with Gasteiger partial charge in [-0.15, -0.1) is 0 Å². The van der Waals surface area contributed by atoms with Gasteiger partial charge < -0.3 is 19.7 Å². The number of piperidine rings is 1. The van der Waals surface area contributed by atoms with Crippen molar-refractivity contribution in [2.45, 2.75) is 23.9 Å². The molecular weight excluding hydrogens is 406 g/mol. The first-order chi connectivity index (χ1) is 14.5. The summed E-state index contributed by atoms with van der Waals surface area (Å²) in [4.78, 5) is 15.0. The Kier molecular flexibility index (Phi) is 4.79. The van der Waals surface area contributed by atoms with Crippen LogP contribution in [-0.4, -0.2) is 51.7 Å². The number of hydrogen-bond donors (Lipinski definition) is 2. The third-order valence-corrected chi connectivity index (χ3v) is 7.36. The van der Waals surface area contributed by atoms with Crippen molar-refractivity contribution in [3.05, 3.63) is 48.0 Å². The number of anilines is 1. The van der Waals surface area contributed by atoms with Crippen molar-refractivity contribution in [1.82, 2.24) is 9.62 Å². The van der Waals surface area contributed by atoms with Crippen LogP contribution in [0.2, 0.25) is 0 Å². The molecule has 5 rings (SSSR count). The molecule has 0 spiro atoms. The summed E-state index contributed by atoms with van der Waals surface area (Å²) in [5.41, 5.74) is 1.19. The van der Waals surface area contributed by atoms with Crippen molar-refractivity contribution in [3.63, 3.8) is 0 Å². The number of carbonyl (C=O) groups is 1. The Morgan fingerprint density at radius 3 is 2.53 bits per heavy atom. The zero-order valence-electron chi connectivity index (χ0n) is 16.3. The number of rotatable bonds is 2. The molecule has 0 aromatic heterocycles. The first-order valence-corrected chi connectivity index (χ1v) is 11.6. The van der Waals surface area contributed by atoms with Gasteiger partial charge in [0.2, 0.25) is 10.0 Å². The summed E-state index contributed by atoms with van der Waals surface area (Å²) in [6.07, 6.45) is 1.04. The molecule has 2 N–H and O–H groups in total. The van der Waals surface area contributed by atoms with Crippen LogP contribution in [0.5, 0.6) is 11.5 Å². The van der Waals surface area contributed by atoms with E-state index in [2.05, 4.69) is 10.0 Å². The van der Waals surface area contributed by atoms with Gasteiger partial charge in [0.1, 0.15) is 18.1 Å². The molecule has 3 heterocycles. The van der Waals surface area contributed by atoms with Gasteiger partial charge in [0.15, 0.2) is 11.5 Å². The zero-order valence-corrected chi connectivity index (χ0v) is 17.2. The van der Waals surface area contributed by atoms with E-state index in [1.54, 1.807) is 36.4 Å². The monoisotopic (exact) mass is 429 g/mol. The van der Waals surface area contributed by atoms with E-state index in [4.69, 9.17) is 9.47 Å². The summed E-state index contributed by atoms with van der Waals surface area (Å²) in [5, 5.41) is 3.31. The molecule has 1 amide bonds. The highest BCUT2D eigenvalue weighted by Crippen LogP contribution is 2.33. The first-order valence-electron chi connectivity index (χ1n) is 10.1. The first kappa shape index (κ1) is 19.2. The fraction of sp³-hybridized carbons (Fsp3) is 0.381. The lowest BCUT2D eigenvalue weighted by molar-refractivity contribution is 0.0678. The molecule has 0 unspecified atom stereocenters. The van der Waals surface area contributed by atoms with Crippen molar-refractivity contribution < 1.29 is 22.7 Å². The van der Waals surface area contributed by atoms with E-state index >= 15 is 0 Å². The predicted molar refractivity (Wildman–Crippen MR) is 110 cm³/mol. The van der Waals surface area contributed by atoms with Crippen LogP contribution in [0.25, 0.3) is 0 Å². The molecule has 1 fully saturated rings. The second kappa shape index (κ2) is 7.48. The lowest BCUT2D eigenvalue weighted by atomic mass is 9.93. The fourth-order valence-corrected chi connectivity index (χ4v) is 5.64. The zero-order chi connectivity index (χ0) is 20.7. The molecule has 2 aromatic rings. The van der Waals surface area contributed by atoms with Gasteiger partial charge in [0, 0.05) is 18.7 Å². The topological polar surface area (TPSA) is 97.0 Å². The molecule has 0 aliphatic carbocycles. The van der Waals surface area contributed by atoms with E-state index in [1.807, 2.05) is 11.0 Å². The number of sulfonamides is 1. The smallest absolute Gasteiger partial charge is 0.253 e. The maximum atomic E-state index is 12.9. The minimum atomic E-state index is -3.54. The van der Waals surface area contributed by atoms with Gasteiger partial charge in [0.25, 0.3) is 5.91 Å². The standard InChI is InChI=1S/C21H23N3O5S/c25-21(15-5-6-17-18(13-15)29-12-11-28-17)24-9-7-14(8-10-24)20-22-16-3-1-2-4-19(16)30(26,27)23-20/h1-6,13-14,20,22-23H,7-12H2/t20-/m0/s1. The molecule has 0 radical (unpaired) electrons. The minimum absolute atomic E-state index is 0.0482. The van der Waals surface area contributed by atoms with Crippen LogP contribution >= 0.6 is 0 Å². The Morgan fingerprint density at radius 1 is 1.00 bits per heavy atom. The Morgan fingerprint density at radius 2 is 1.73 bits per heavy atom. The van der Waals surface area contributed by atoms with E-state index in [-0.39, 0.29) is 22.9 Å². The molecule has 158 valence electrons. The Labute approximate surface area is 175 Å². The van der Waals surface area contributed by atoms with Crippen molar-refractivity contribution in [1.29, 1.82) is 0 Å². The predicted octanol–water partition coefficient (Wildman–Crippen LogP) is 2.04. The Hall–Kier alpha value is -2.78. The van der Waals surface area contributed by atoms with Crippen LogP contribution in [0.1, 0.15) is 23.2 Å². The number of carbonyl (C=O) groups excluding carboxylic acids is 1. The Bertz CT molecular complexity index is 1080. The average molecular weight is 429 g/mol. The van der Waals surface area contributed by atoms with Crippen molar-refractivity contribution in [3.8, 4) is 11.5 Å². The summed E-state index contributed by atoms with van der Waals surface area (Å²) in [6.45, 7) is 2.12. The van der Waals surface area contributed by atoms with Gasteiger partial charge in [-0.3, -0.25) is 4.79 Å². The van der Waals surface area contributed by atoms with Gasteiger partial charge in [-0.05, 0) is 49.1 Å². The third-order valence-electron chi connectivity index (χ3n) is 5.86. The van der Waals surface area contributed by atoms with E-state index in [9.17, 15) is 13.2 Å². The highest BCUT2D eigenvalue weighted by Gasteiger charge is 2.36. The summed E-state index contributed by atoms with van der Waals surface area (Å²) in [6, 6.07) is 12.2. The molecule has 1 atom stereocenters. The van der Waals surface area contributed by atoms with Crippen LogP contribution in [0.4, 0.5) is 5.69 Å². The Balaban J connectivity index is 1.25. The minimum Gasteiger partial charge on any atom is -0.486 e. The average Bonchev–Trinajstić information content (AvgIpc) is 2.78. The molecule has 0 bridgehead atoms. The van der Waals surface area contributed by atoms with E-state index in [1.165, 1.54) is 0 Å². The van der Waals surface area contributed by atoms with Crippen molar-refractivity contribution in [2.24, 2.45) is 5.92 Å². The van der Waals surface area contributed by atoms with Crippen molar-refractivity contribution >= 4 is 21.6 Å². The number of nitrogens with one attached hydrogen (secondary N) is 2. The number of amides is 1. The van der Waals surface area contributed by atoms with Crippen LogP contribution in [0.15, 0.2) is 47.4 Å². The molecule has 0 saturated carbocycles. The molecular formula is C21H23N3O5S. The largest absolute Gasteiger partial charge is 0.486 e. The van der Waals surface area contributed by atoms with Crippen LogP contribution < -0.4 is 19.5 Å². The maximum absolute atomic E-state index is 12.9. The quantitative estimate of drug-likeness (QED) is 0.758. The molecule has 2 aromatic carbocycles. The second-order valence-electron chi connectivity index (χ2n) is 7.73. The number of likely N-dealkylation sites (tertiary alicyclic amines) is 1. The van der Waals surface area contributed by atoms with Crippen LogP contribution in [0.3, 0.4) is 0 Å². The fourth-order valence-electron chi connectivity index (χ4n) is 4.26. The van der Waals surface area contributed by atoms with Gasteiger partial charge in [-0.2, -0.15) is 4.72 Å². The summed E-state index contributed by atoms with van der Waals surface area (Å²) in [5.74, 6) is 1.30. The molecule has 30 heavy (non-hydrogen) atoms. The SMILES string of the molecule is O=C(c1ccc2c(c1)OCCO2)N1CCC([C@H]2Nc3ccccc3S(=O)(=O)N2)CC1. The molecule has 3 aliphatic heterocycles. The van der Waals surface area contributed by atoms with Crippen LogP contribution in [-0.2, 0) is 10.0 Å². The maximum Gasteiger partial charge on any atom is 0.253 e. The molecule has 9 heteroatoms. The second-order valence-corrected chi connectivity index (χ2v) is 9.41. The highest BCUT2D eigenvalue weighted by molar-refractivity contribution is 7.89. The highest BCUT2D eigenvalue weighted by atomic mass is 32.2. The van der Waals surface area contributed by atoms with Gasteiger partial charge in [-0.25, -0.2) is 8.42 Å². The van der Waals surface area contributed by atoms with Gasteiger partial charge >= 0.3 is 0 Å². The molecule has 1 saturated heterocycles. The van der Waals surface area contributed by atoms with E-state index in [0.717, 1.165) is 0 Å². The van der Waals surface area contributed by atoms with Gasteiger partial charge in [-0.1, -0.05) is 12.1 Å². The number of benzene rings is 2. The lowest BCUT2D eigenvalue weighted by Crippen LogP contribution is -2.52. The third kappa shape index (κ3) is 3.48. The molecule has 8 nitrogen and oxygen atoms in total. The van der Waals surface area contributed by atoms with E-state index in [0.29, 0.717) is 61.9 Å². The number of nitrogens with zero attached hydrogens (tertiary/aromatic N) is 1. The summed E-state index contributed by atoms with van der Waals surface area (Å²) >= 11 is 0. The van der Waals surface area contributed by atoms with Crippen molar-refractivity contribution in [2.75, 3.05) is 31.6 Å². The van der Waals surface area contributed by atoms with E-state index < -0.39 is 10.0 Å².